The highest BCUT2D eigenvalue weighted by atomic mass is 35.5. The lowest BCUT2D eigenvalue weighted by Gasteiger charge is -2.28. The molecule has 0 spiro atoms. The van der Waals surface area contributed by atoms with E-state index in [1.54, 1.807) is 6.08 Å². The Morgan fingerprint density at radius 2 is 2.29 bits per heavy atom. The van der Waals surface area contributed by atoms with Gasteiger partial charge in [-0.3, -0.25) is 10.1 Å². The summed E-state index contributed by atoms with van der Waals surface area (Å²) in [6.45, 7) is 3.37. The zero-order valence-corrected chi connectivity index (χ0v) is 8.84. The first-order valence-corrected chi connectivity index (χ1v) is 5.02. The summed E-state index contributed by atoms with van der Waals surface area (Å²) in [5, 5.41) is 14.9. The zero-order chi connectivity index (χ0) is 10.6. The second-order valence-corrected chi connectivity index (χ2v) is 3.91. The van der Waals surface area contributed by atoms with E-state index >= 15 is 0 Å². The molecule has 0 radical (unpaired) electrons. The fourth-order valence-electron chi connectivity index (χ4n) is 1.35. The number of alkyl halides is 1. The first kappa shape index (κ1) is 11.5. The fraction of sp³-hybridized carbons (Fsp3) is 0.667. The maximum Gasteiger partial charge on any atom is 0.307 e. The quantitative estimate of drug-likeness (QED) is 0.368. The van der Waals surface area contributed by atoms with Crippen LogP contribution in [-0.2, 0) is 4.79 Å². The van der Waals surface area contributed by atoms with E-state index in [-0.39, 0.29) is 18.0 Å². The first-order chi connectivity index (χ1) is 6.59. The molecule has 0 amide bonds. The first-order valence-electron chi connectivity index (χ1n) is 4.59. The van der Waals surface area contributed by atoms with Crippen molar-refractivity contribution < 1.29 is 9.90 Å². The van der Waals surface area contributed by atoms with Crippen LogP contribution in [0.3, 0.4) is 0 Å². The minimum atomic E-state index is -0.802. The van der Waals surface area contributed by atoms with Gasteiger partial charge < -0.3 is 10.4 Å². The van der Waals surface area contributed by atoms with Gasteiger partial charge in [0.25, 0.3) is 0 Å². The topological polar surface area (TPSA) is 61.4 Å². The number of carboxylic acids is 1. The number of hydrogen-bond acceptors (Lipinski definition) is 3. The summed E-state index contributed by atoms with van der Waals surface area (Å²) in [6, 6.07) is 0.198. The fourth-order valence-corrected chi connectivity index (χ4v) is 1.53. The highest BCUT2D eigenvalue weighted by Gasteiger charge is 2.18. The minimum Gasteiger partial charge on any atom is -0.481 e. The smallest absolute Gasteiger partial charge is 0.307 e. The molecule has 0 aromatic carbocycles. The second-order valence-electron chi connectivity index (χ2n) is 3.38. The average Bonchev–Trinajstić information content (AvgIpc) is 2.15. The molecule has 1 saturated heterocycles. The van der Waals surface area contributed by atoms with Gasteiger partial charge in [-0.2, -0.15) is 0 Å². The average molecular weight is 219 g/mol. The van der Waals surface area contributed by atoms with Crippen LogP contribution < -0.4 is 10.6 Å². The van der Waals surface area contributed by atoms with Crippen LogP contribution in [0.4, 0.5) is 0 Å². The summed E-state index contributed by atoms with van der Waals surface area (Å²) >= 11 is 5.83. The van der Waals surface area contributed by atoms with Gasteiger partial charge in [-0.05, 0) is 6.92 Å². The van der Waals surface area contributed by atoms with Crippen molar-refractivity contribution in [3.05, 3.63) is 11.6 Å². The normalized spacial score (nSPS) is 28.9. The van der Waals surface area contributed by atoms with E-state index in [1.807, 2.05) is 6.92 Å². The third kappa shape index (κ3) is 3.65. The Kier molecular flexibility index (Phi) is 4.38. The van der Waals surface area contributed by atoms with E-state index in [9.17, 15) is 4.79 Å². The van der Waals surface area contributed by atoms with Crippen LogP contribution >= 0.6 is 11.6 Å². The Bertz CT molecular complexity index is 235. The Morgan fingerprint density at radius 1 is 1.57 bits per heavy atom. The largest absolute Gasteiger partial charge is 0.481 e. The van der Waals surface area contributed by atoms with E-state index in [0.29, 0.717) is 6.54 Å². The van der Waals surface area contributed by atoms with Crippen LogP contribution in [0.2, 0.25) is 0 Å². The summed E-state index contributed by atoms with van der Waals surface area (Å²) in [7, 11) is 0. The van der Waals surface area contributed by atoms with Gasteiger partial charge in [0.05, 0.1) is 11.9 Å². The van der Waals surface area contributed by atoms with E-state index in [2.05, 4.69) is 10.6 Å². The van der Waals surface area contributed by atoms with Crippen molar-refractivity contribution in [2.24, 2.45) is 0 Å². The van der Waals surface area contributed by atoms with Crippen molar-refractivity contribution in [3.8, 4) is 0 Å². The number of nitrogens with one attached hydrogen (secondary N) is 2. The van der Waals surface area contributed by atoms with E-state index in [1.165, 1.54) is 0 Å². The molecular weight excluding hydrogens is 204 g/mol. The molecule has 3 N–H and O–H groups in total. The molecule has 0 aromatic rings. The molecule has 2 atom stereocenters. The van der Waals surface area contributed by atoms with E-state index < -0.39 is 5.97 Å². The number of carbonyl (C=O) groups is 1. The minimum absolute atomic E-state index is 0.0291. The maximum atomic E-state index is 10.3. The lowest BCUT2D eigenvalue weighted by Crippen LogP contribution is -2.52. The van der Waals surface area contributed by atoms with Crippen LogP contribution in [-0.4, -0.2) is 35.7 Å². The summed E-state index contributed by atoms with van der Waals surface area (Å²) in [4.78, 5) is 10.3. The lowest BCUT2D eigenvalue weighted by atomic mass is 10.1. The van der Waals surface area contributed by atoms with Gasteiger partial charge in [-0.1, -0.05) is 11.6 Å². The molecule has 1 aliphatic heterocycles. The van der Waals surface area contributed by atoms with Crippen molar-refractivity contribution >= 4 is 17.6 Å². The standard InChI is InChI=1S/C9H15ClN2O2/c1-6(2-3-9(13)14)7-4-12-8(10)5-11-7/h2,7-8,11-12H,3-5H2,1H3,(H,13,14). The number of halogens is 1. The molecule has 1 heterocycles. The highest BCUT2D eigenvalue weighted by molar-refractivity contribution is 6.20. The molecule has 1 fully saturated rings. The van der Waals surface area contributed by atoms with Gasteiger partial charge in [0, 0.05) is 19.1 Å². The maximum absolute atomic E-state index is 10.3. The van der Waals surface area contributed by atoms with Gasteiger partial charge in [-0.15, -0.1) is 11.6 Å². The molecule has 4 nitrogen and oxygen atoms in total. The van der Waals surface area contributed by atoms with Crippen LogP contribution in [0.25, 0.3) is 0 Å². The molecule has 0 aliphatic carbocycles. The number of aliphatic carboxylic acids is 1. The molecule has 0 aromatic heterocycles. The van der Waals surface area contributed by atoms with Gasteiger partial charge in [0.15, 0.2) is 0 Å². The predicted octanol–water partition coefficient (Wildman–Crippen LogP) is 0.534. The molecule has 14 heavy (non-hydrogen) atoms. The van der Waals surface area contributed by atoms with Crippen LogP contribution in [0.1, 0.15) is 13.3 Å². The van der Waals surface area contributed by atoms with Crippen molar-refractivity contribution in [1.29, 1.82) is 0 Å². The number of rotatable bonds is 3. The molecule has 5 heteroatoms. The third-order valence-electron chi connectivity index (χ3n) is 2.24. The SMILES string of the molecule is CC(=CCC(=O)O)C1CNC(Cl)CN1. The molecule has 80 valence electrons. The van der Waals surface area contributed by atoms with Gasteiger partial charge >= 0.3 is 5.97 Å². The Labute approximate surface area is 88.3 Å². The Balaban J connectivity index is 2.40. The van der Waals surface area contributed by atoms with Crippen LogP contribution in [0.15, 0.2) is 11.6 Å². The third-order valence-corrected chi connectivity index (χ3v) is 2.54. The Morgan fingerprint density at radius 3 is 2.79 bits per heavy atom. The summed E-state index contributed by atoms with van der Waals surface area (Å²) in [5.74, 6) is -0.802. The second kappa shape index (κ2) is 5.34. The van der Waals surface area contributed by atoms with Gasteiger partial charge in [0.2, 0.25) is 0 Å². The molecule has 2 unspecified atom stereocenters. The predicted molar refractivity (Wildman–Crippen MR) is 55.4 cm³/mol. The van der Waals surface area contributed by atoms with Crippen molar-refractivity contribution in [2.45, 2.75) is 24.9 Å². The lowest BCUT2D eigenvalue weighted by molar-refractivity contribution is -0.136. The highest BCUT2D eigenvalue weighted by Crippen LogP contribution is 2.07. The summed E-state index contributed by atoms with van der Waals surface area (Å²) < 4.78 is 0. The van der Waals surface area contributed by atoms with Crippen molar-refractivity contribution in [1.82, 2.24) is 10.6 Å². The molecular formula is C9H15ClN2O2. The van der Waals surface area contributed by atoms with Crippen molar-refractivity contribution in [3.63, 3.8) is 0 Å². The van der Waals surface area contributed by atoms with Gasteiger partial charge in [0.1, 0.15) is 0 Å². The molecule has 0 saturated carbocycles. The molecule has 0 bridgehead atoms. The summed E-state index contributed by atoms with van der Waals surface area (Å²) in [6.07, 6.45) is 1.81. The van der Waals surface area contributed by atoms with Crippen LogP contribution in [0, 0.1) is 0 Å². The zero-order valence-electron chi connectivity index (χ0n) is 8.09. The Hall–Kier alpha value is -0.580. The van der Waals surface area contributed by atoms with E-state index in [4.69, 9.17) is 16.7 Å². The molecule has 1 rings (SSSR count). The van der Waals surface area contributed by atoms with E-state index in [0.717, 1.165) is 12.1 Å². The monoisotopic (exact) mass is 218 g/mol. The number of carboxylic acid groups (broad SMARTS) is 1. The summed E-state index contributed by atoms with van der Waals surface area (Å²) in [5.41, 5.74) is 1.02. The van der Waals surface area contributed by atoms with Gasteiger partial charge in [-0.25, -0.2) is 0 Å². The van der Waals surface area contributed by atoms with Crippen molar-refractivity contribution in [2.75, 3.05) is 13.1 Å². The molecule has 1 aliphatic rings. The number of piperazine rings is 1. The number of hydrogen-bond donors (Lipinski definition) is 3. The van der Waals surface area contributed by atoms with Crippen LogP contribution in [0.5, 0.6) is 0 Å².